The smallest absolute Gasteiger partial charge is 0.143 e. The summed E-state index contributed by atoms with van der Waals surface area (Å²) in [7, 11) is 1.63. The van der Waals surface area contributed by atoms with Crippen molar-refractivity contribution in [3.05, 3.63) is 17.5 Å². The standard InChI is InChI=1S/C7H10N2O/c1-5-4-7(10-3)6(2)9-8-5/h4H,1-3H3. The Kier molecular flexibility index (Phi) is 1.85. The summed E-state index contributed by atoms with van der Waals surface area (Å²) in [5.74, 6) is 0.799. The molecule has 3 heteroatoms. The minimum Gasteiger partial charge on any atom is -0.495 e. The van der Waals surface area contributed by atoms with Crippen molar-refractivity contribution in [2.24, 2.45) is 0 Å². The van der Waals surface area contributed by atoms with E-state index in [0.717, 1.165) is 17.1 Å². The van der Waals surface area contributed by atoms with Crippen molar-refractivity contribution in [3.63, 3.8) is 0 Å². The molecule has 0 unspecified atom stereocenters. The first-order chi connectivity index (χ1) is 4.74. The number of hydrogen-bond acceptors (Lipinski definition) is 3. The molecule has 0 aliphatic heterocycles. The molecule has 0 saturated heterocycles. The van der Waals surface area contributed by atoms with Crippen molar-refractivity contribution in [3.8, 4) is 5.75 Å². The number of ether oxygens (including phenoxy) is 1. The second kappa shape index (κ2) is 2.64. The van der Waals surface area contributed by atoms with Crippen LogP contribution in [0.5, 0.6) is 5.75 Å². The van der Waals surface area contributed by atoms with Crippen LogP contribution in [0.3, 0.4) is 0 Å². The zero-order chi connectivity index (χ0) is 7.56. The van der Waals surface area contributed by atoms with Gasteiger partial charge < -0.3 is 4.74 Å². The van der Waals surface area contributed by atoms with Gasteiger partial charge in [0.05, 0.1) is 12.8 Å². The first-order valence-corrected chi connectivity index (χ1v) is 3.09. The fraction of sp³-hybridized carbons (Fsp3) is 0.429. The van der Waals surface area contributed by atoms with Crippen molar-refractivity contribution < 1.29 is 4.74 Å². The minimum atomic E-state index is 0.799. The van der Waals surface area contributed by atoms with Gasteiger partial charge in [0.1, 0.15) is 11.4 Å². The van der Waals surface area contributed by atoms with Gasteiger partial charge in [-0.15, -0.1) is 0 Å². The largest absolute Gasteiger partial charge is 0.495 e. The van der Waals surface area contributed by atoms with Crippen LogP contribution in [0.4, 0.5) is 0 Å². The number of methoxy groups -OCH3 is 1. The monoisotopic (exact) mass is 138 g/mol. The molecule has 0 amide bonds. The zero-order valence-corrected chi connectivity index (χ0v) is 6.38. The van der Waals surface area contributed by atoms with E-state index in [1.807, 2.05) is 19.9 Å². The van der Waals surface area contributed by atoms with E-state index in [4.69, 9.17) is 4.74 Å². The summed E-state index contributed by atoms with van der Waals surface area (Å²) in [4.78, 5) is 0. The number of nitrogens with zero attached hydrogens (tertiary/aromatic N) is 2. The molecule has 0 bridgehead atoms. The Labute approximate surface area is 60.0 Å². The molecule has 1 aromatic rings. The van der Waals surface area contributed by atoms with Crippen LogP contribution < -0.4 is 4.74 Å². The van der Waals surface area contributed by atoms with Crippen LogP contribution in [-0.4, -0.2) is 17.3 Å². The highest BCUT2D eigenvalue weighted by Crippen LogP contribution is 2.13. The summed E-state index contributed by atoms with van der Waals surface area (Å²) in [5.41, 5.74) is 1.70. The second-order valence-corrected chi connectivity index (χ2v) is 2.14. The number of aromatic nitrogens is 2. The number of aryl methyl sites for hydroxylation is 2. The molecule has 54 valence electrons. The van der Waals surface area contributed by atoms with Gasteiger partial charge in [0.2, 0.25) is 0 Å². The summed E-state index contributed by atoms with van der Waals surface area (Å²) >= 11 is 0. The molecule has 3 nitrogen and oxygen atoms in total. The third kappa shape index (κ3) is 1.23. The summed E-state index contributed by atoms with van der Waals surface area (Å²) in [6.45, 7) is 3.75. The molecular formula is C7H10N2O. The topological polar surface area (TPSA) is 35.0 Å². The van der Waals surface area contributed by atoms with E-state index >= 15 is 0 Å². The zero-order valence-electron chi connectivity index (χ0n) is 6.38. The minimum absolute atomic E-state index is 0.799. The predicted octanol–water partition coefficient (Wildman–Crippen LogP) is 1.10. The van der Waals surface area contributed by atoms with E-state index in [2.05, 4.69) is 10.2 Å². The van der Waals surface area contributed by atoms with Crippen molar-refractivity contribution in [1.82, 2.24) is 10.2 Å². The molecule has 10 heavy (non-hydrogen) atoms. The summed E-state index contributed by atoms with van der Waals surface area (Å²) in [6.07, 6.45) is 0. The Bertz CT molecular complexity index is 235. The summed E-state index contributed by atoms with van der Waals surface area (Å²) < 4.78 is 5.02. The Hall–Kier alpha value is -1.12. The molecule has 1 rings (SSSR count). The maximum Gasteiger partial charge on any atom is 0.143 e. The van der Waals surface area contributed by atoms with E-state index in [9.17, 15) is 0 Å². The van der Waals surface area contributed by atoms with Crippen molar-refractivity contribution >= 4 is 0 Å². The van der Waals surface area contributed by atoms with Crippen molar-refractivity contribution in [2.75, 3.05) is 7.11 Å². The quantitative estimate of drug-likeness (QED) is 0.583. The van der Waals surface area contributed by atoms with Crippen LogP contribution in [0, 0.1) is 13.8 Å². The lowest BCUT2D eigenvalue weighted by molar-refractivity contribution is 0.407. The van der Waals surface area contributed by atoms with E-state index < -0.39 is 0 Å². The average molecular weight is 138 g/mol. The molecule has 1 heterocycles. The molecule has 0 aliphatic rings. The predicted molar refractivity (Wildman–Crippen MR) is 38.1 cm³/mol. The SMILES string of the molecule is COc1cc(C)nnc1C. The number of rotatable bonds is 1. The summed E-state index contributed by atoms with van der Waals surface area (Å²) in [6, 6.07) is 1.86. The Morgan fingerprint density at radius 1 is 1.30 bits per heavy atom. The molecule has 0 saturated carbocycles. The van der Waals surface area contributed by atoms with Crippen LogP contribution in [0.1, 0.15) is 11.4 Å². The van der Waals surface area contributed by atoms with Gasteiger partial charge in [0.25, 0.3) is 0 Å². The summed E-state index contributed by atoms with van der Waals surface area (Å²) in [5, 5.41) is 7.73. The normalized spacial score (nSPS) is 9.50. The van der Waals surface area contributed by atoms with Crippen molar-refractivity contribution in [2.45, 2.75) is 13.8 Å². The average Bonchev–Trinajstić information content (AvgIpc) is 1.94. The molecule has 0 aliphatic carbocycles. The van der Waals surface area contributed by atoms with Crippen LogP contribution >= 0.6 is 0 Å². The van der Waals surface area contributed by atoms with E-state index in [0.29, 0.717) is 0 Å². The molecule has 0 aromatic carbocycles. The molecule has 1 aromatic heterocycles. The first kappa shape index (κ1) is 6.99. The Morgan fingerprint density at radius 2 is 2.00 bits per heavy atom. The highest BCUT2D eigenvalue weighted by Gasteiger charge is 1.98. The van der Waals surface area contributed by atoms with Gasteiger partial charge in [-0.1, -0.05) is 0 Å². The maximum absolute atomic E-state index is 5.02. The van der Waals surface area contributed by atoms with Crippen LogP contribution in [0.25, 0.3) is 0 Å². The fourth-order valence-electron chi connectivity index (χ4n) is 0.733. The van der Waals surface area contributed by atoms with Gasteiger partial charge in [-0.2, -0.15) is 10.2 Å². The van der Waals surface area contributed by atoms with Gasteiger partial charge in [0.15, 0.2) is 0 Å². The lowest BCUT2D eigenvalue weighted by atomic mass is 10.3. The van der Waals surface area contributed by atoms with E-state index in [1.165, 1.54) is 0 Å². The molecule has 0 fully saturated rings. The lowest BCUT2D eigenvalue weighted by Gasteiger charge is -2.01. The molecule has 0 spiro atoms. The van der Waals surface area contributed by atoms with Crippen LogP contribution in [0.15, 0.2) is 6.07 Å². The number of hydrogen-bond donors (Lipinski definition) is 0. The lowest BCUT2D eigenvalue weighted by Crippen LogP contribution is -1.94. The third-order valence-corrected chi connectivity index (χ3v) is 1.27. The van der Waals surface area contributed by atoms with Gasteiger partial charge in [0, 0.05) is 6.07 Å². The van der Waals surface area contributed by atoms with E-state index in [1.54, 1.807) is 7.11 Å². The van der Waals surface area contributed by atoms with Gasteiger partial charge in [-0.05, 0) is 13.8 Å². The van der Waals surface area contributed by atoms with Gasteiger partial charge in [-0.25, -0.2) is 0 Å². The maximum atomic E-state index is 5.02. The Morgan fingerprint density at radius 3 is 2.50 bits per heavy atom. The highest BCUT2D eigenvalue weighted by molar-refractivity contribution is 5.26. The molecule has 0 N–H and O–H groups in total. The molecular weight excluding hydrogens is 128 g/mol. The van der Waals surface area contributed by atoms with E-state index in [-0.39, 0.29) is 0 Å². The highest BCUT2D eigenvalue weighted by atomic mass is 16.5. The third-order valence-electron chi connectivity index (χ3n) is 1.27. The van der Waals surface area contributed by atoms with Crippen LogP contribution in [0.2, 0.25) is 0 Å². The second-order valence-electron chi connectivity index (χ2n) is 2.14. The van der Waals surface area contributed by atoms with Gasteiger partial charge in [-0.3, -0.25) is 0 Å². The fourth-order valence-corrected chi connectivity index (χ4v) is 0.733. The van der Waals surface area contributed by atoms with Crippen molar-refractivity contribution in [1.29, 1.82) is 0 Å². The molecule has 0 radical (unpaired) electrons. The van der Waals surface area contributed by atoms with Crippen LogP contribution in [-0.2, 0) is 0 Å². The Balaban J connectivity index is 3.09. The van der Waals surface area contributed by atoms with Gasteiger partial charge >= 0.3 is 0 Å². The first-order valence-electron chi connectivity index (χ1n) is 3.09. The molecule has 0 atom stereocenters.